The third-order valence-electron chi connectivity index (χ3n) is 4.54. The van der Waals surface area contributed by atoms with E-state index in [0.29, 0.717) is 28.0 Å². The van der Waals surface area contributed by atoms with Crippen molar-refractivity contribution in [1.82, 2.24) is 14.8 Å². The van der Waals surface area contributed by atoms with Crippen LogP contribution >= 0.6 is 11.6 Å². The van der Waals surface area contributed by atoms with Gasteiger partial charge >= 0.3 is 5.97 Å². The number of esters is 1. The summed E-state index contributed by atoms with van der Waals surface area (Å²) in [5.74, 6) is 0.464. The Morgan fingerprint density at radius 2 is 1.84 bits per heavy atom. The fourth-order valence-corrected chi connectivity index (χ4v) is 4.42. The van der Waals surface area contributed by atoms with Gasteiger partial charge in [0, 0.05) is 17.6 Å². The third-order valence-corrected chi connectivity index (χ3v) is 6.41. The number of aromatic nitrogens is 3. The van der Waals surface area contributed by atoms with Gasteiger partial charge < -0.3 is 14.0 Å². The molecule has 0 spiro atoms. The summed E-state index contributed by atoms with van der Waals surface area (Å²) in [7, 11) is -1.97. The van der Waals surface area contributed by atoms with Crippen molar-refractivity contribution in [1.29, 1.82) is 0 Å². The predicted molar refractivity (Wildman–Crippen MR) is 116 cm³/mol. The lowest BCUT2D eigenvalue weighted by Crippen LogP contribution is -2.15. The van der Waals surface area contributed by atoms with Crippen LogP contribution in [0.5, 0.6) is 5.75 Å². The molecule has 0 radical (unpaired) electrons. The number of aryl methyl sites for hydroxylation is 1. The number of benzene rings is 2. The number of carbonyl (C=O) groups excluding carboxylic acids is 1. The standard InChI is InChI=1S/C21H22ClN3O5S/c1-4-29-20(26)12-30-18-10-9-17(11-14(18)2)31(27,28)13-19-23-24-21(25(19)3)15-5-7-16(22)8-6-15/h5-11H,4,12-13H2,1-3H3. The van der Waals surface area contributed by atoms with Crippen molar-refractivity contribution in [2.24, 2.45) is 7.05 Å². The van der Waals surface area contributed by atoms with Crippen molar-refractivity contribution in [2.75, 3.05) is 13.2 Å². The van der Waals surface area contributed by atoms with Crippen molar-refractivity contribution in [3.05, 3.63) is 58.9 Å². The van der Waals surface area contributed by atoms with Gasteiger partial charge in [-0.15, -0.1) is 10.2 Å². The second-order valence-corrected chi connectivity index (χ2v) is 9.21. The normalized spacial score (nSPS) is 11.4. The van der Waals surface area contributed by atoms with Crippen LogP contribution in [0.15, 0.2) is 47.4 Å². The first-order valence-electron chi connectivity index (χ1n) is 9.47. The molecule has 0 aliphatic rings. The Hall–Kier alpha value is -2.91. The highest BCUT2D eigenvalue weighted by Gasteiger charge is 2.21. The maximum atomic E-state index is 12.9. The highest BCUT2D eigenvalue weighted by atomic mass is 35.5. The number of carbonyl (C=O) groups is 1. The van der Waals surface area contributed by atoms with Crippen LogP contribution in [-0.2, 0) is 32.2 Å². The van der Waals surface area contributed by atoms with E-state index >= 15 is 0 Å². The fourth-order valence-electron chi connectivity index (χ4n) is 2.91. The molecule has 3 rings (SSSR count). The van der Waals surface area contributed by atoms with Gasteiger partial charge in [0.1, 0.15) is 17.3 Å². The van der Waals surface area contributed by atoms with Crippen LogP contribution in [0.4, 0.5) is 0 Å². The number of ether oxygens (including phenoxy) is 2. The summed E-state index contributed by atoms with van der Waals surface area (Å²) in [6.07, 6.45) is 0. The molecule has 8 nitrogen and oxygen atoms in total. The van der Waals surface area contributed by atoms with Crippen molar-refractivity contribution in [3.8, 4) is 17.1 Å². The monoisotopic (exact) mass is 463 g/mol. The lowest BCUT2D eigenvalue weighted by molar-refractivity contribution is -0.145. The second-order valence-electron chi connectivity index (χ2n) is 6.79. The highest BCUT2D eigenvalue weighted by Crippen LogP contribution is 2.25. The van der Waals surface area contributed by atoms with Crippen molar-refractivity contribution in [2.45, 2.75) is 24.5 Å². The average Bonchev–Trinajstić information content (AvgIpc) is 3.07. The summed E-state index contributed by atoms with van der Waals surface area (Å²) in [6, 6.07) is 11.5. The maximum absolute atomic E-state index is 12.9. The van der Waals surface area contributed by atoms with Gasteiger partial charge in [0.25, 0.3) is 0 Å². The molecule has 1 heterocycles. The van der Waals surface area contributed by atoms with E-state index in [2.05, 4.69) is 10.2 Å². The van der Waals surface area contributed by atoms with Crippen molar-refractivity contribution >= 4 is 27.4 Å². The lowest BCUT2D eigenvalue weighted by atomic mass is 10.2. The zero-order valence-electron chi connectivity index (χ0n) is 17.3. The van der Waals surface area contributed by atoms with Crippen LogP contribution in [0.1, 0.15) is 18.3 Å². The van der Waals surface area contributed by atoms with Crippen molar-refractivity contribution < 1.29 is 22.7 Å². The van der Waals surface area contributed by atoms with Crippen LogP contribution in [-0.4, -0.2) is 42.4 Å². The molecule has 3 aromatic rings. The highest BCUT2D eigenvalue weighted by molar-refractivity contribution is 7.90. The molecular weight excluding hydrogens is 442 g/mol. The molecule has 0 unspecified atom stereocenters. The average molecular weight is 464 g/mol. The number of sulfone groups is 1. The van der Waals surface area contributed by atoms with Crippen LogP contribution < -0.4 is 4.74 Å². The predicted octanol–water partition coefficient (Wildman–Crippen LogP) is 3.36. The molecule has 0 saturated heterocycles. The summed E-state index contributed by atoms with van der Waals surface area (Å²) in [5.41, 5.74) is 1.37. The molecule has 2 aromatic carbocycles. The van der Waals surface area contributed by atoms with E-state index in [0.717, 1.165) is 5.56 Å². The van der Waals surface area contributed by atoms with E-state index in [1.165, 1.54) is 18.2 Å². The Balaban J connectivity index is 1.77. The minimum absolute atomic E-state index is 0.129. The van der Waals surface area contributed by atoms with Gasteiger partial charge in [0.15, 0.2) is 22.3 Å². The van der Waals surface area contributed by atoms with Crippen LogP contribution in [0.25, 0.3) is 11.4 Å². The Bertz CT molecular complexity index is 1190. The van der Waals surface area contributed by atoms with E-state index < -0.39 is 15.8 Å². The molecule has 0 fully saturated rings. The zero-order chi connectivity index (χ0) is 22.6. The first-order valence-corrected chi connectivity index (χ1v) is 11.5. The number of nitrogens with zero attached hydrogens (tertiary/aromatic N) is 3. The maximum Gasteiger partial charge on any atom is 0.344 e. The summed E-state index contributed by atoms with van der Waals surface area (Å²) in [6.45, 7) is 3.44. The van der Waals surface area contributed by atoms with Crippen LogP contribution in [0.2, 0.25) is 5.02 Å². The van der Waals surface area contributed by atoms with Crippen molar-refractivity contribution in [3.63, 3.8) is 0 Å². The quantitative estimate of drug-likeness (QED) is 0.472. The van der Waals surface area contributed by atoms with Gasteiger partial charge in [0.2, 0.25) is 0 Å². The minimum atomic E-state index is -3.68. The van der Waals surface area contributed by atoms with Gasteiger partial charge in [0.05, 0.1) is 11.5 Å². The van der Waals surface area contributed by atoms with E-state index in [1.54, 1.807) is 49.7 Å². The molecule has 10 heteroatoms. The minimum Gasteiger partial charge on any atom is -0.482 e. The zero-order valence-corrected chi connectivity index (χ0v) is 18.9. The van der Waals surface area contributed by atoms with Crippen LogP contribution in [0, 0.1) is 6.92 Å². The van der Waals surface area contributed by atoms with Gasteiger partial charge in [-0.25, -0.2) is 13.2 Å². The Morgan fingerprint density at radius 3 is 2.48 bits per heavy atom. The van der Waals surface area contributed by atoms with Gasteiger partial charge in [-0.3, -0.25) is 0 Å². The Labute approximate surface area is 185 Å². The molecular formula is C21H22ClN3O5S. The SMILES string of the molecule is CCOC(=O)COc1ccc(S(=O)(=O)Cc2nnc(-c3ccc(Cl)cc3)n2C)cc1C. The van der Waals surface area contributed by atoms with E-state index in [9.17, 15) is 13.2 Å². The molecule has 0 saturated carbocycles. The fraction of sp³-hybridized carbons (Fsp3) is 0.286. The van der Waals surface area contributed by atoms with Crippen LogP contribution in [0.3, 0.4) is 0 Å². The Morgan fingerprint density at radius 1 is 1.13 bits per heavy atom. The number of hydrogen-bond donors (Lipinski definition) is 0. The molecule has 31 heavy (non-hydrogen) atoms. The molecule has 0 aliphatic heterocycles. The smallest absolute Gasteiger partial charge is 0.344 e. The second kappa shape index (κ2) is 9.49. The number of halogens is 1. The first-order chi connectivity index (χ1) is 14.7. The van der Waals surface area contributed by atoms with Gasteiger partial charge in [-0.05, 0) is 61.9 Å². The van der Waals surface area contributed by atoms with E-state index in [1.807, 2.05) is 0 Å². The molecule has 164 valence electrons. The number of hydrogen-bond acceptors (Lipinski definition) is 7. The topological polar surface area (TPSA) is 100 Å². The number of rotatable bonds is 8. The largest absolute Gasteiger partial charge is 0.482 e. The third kappa shape index (κ3) is 5.42. The summed E-state index contributed by atoms with van der Waals surface area (Å²) in [4.78, 5) is 11.6. The van der Waals surface area contributed by atoms with Gasteiger partial charge in [-0.2, -0.15) is 0 Å². The van der Waals surface area contributed by atoms with Gasteiger partial charge in [-0.1, -0.05) is 11.6 Å². The molecule has 0 atom stereocenters. The molecule has 0 N–H and O–H groups in total. The Kier molecular flexibility index (Phi) is 6.97. The lowest BCUT2D eigenvalue weighted by Gasteiger charge is -2.11. The summed E-state index contributed by atoms with van der Waals surface area (Å²) in [5, 5.41) is 8.78. The summed E-state index contributed by atoms with van der Waals surface area (Å²) < 4.78 is 37.8. The molecule has 0 aliphatic carbocycles. The molecule has 1 aromatic heterocycles. The van der Waals surface area contributed by atoms with E-state index in [-0.39, 0.29) is 23.9 Å². The first kappa shape index (κ1) is 22.8. The van der Waals surface area contributed by atoms with E-state index in [4.69, 9.17) is 21.1 Å². The molecule has 0 bridgehead atoms. The molecule has 0 amide bonds. The summed E-state index contributed by atoms with van der Waals surface area (Å²) >= 11 is 5.92.